The lowest BCUT2D eigenvalue weighted by Crippen LogP contribution is -2.49. The van der Waals surface area contributed by atoms with Crippen molar-refractivity contribution in [1.29, 1.82) is 0 Å². The van der Waals surface area contributed by atoms with Gasteiger partial charge >= 0.3 is 12.0 Å². The Labute approximate surface area is 89.2 Å². The van der Waals surface area contributed by atoms with Crippen molar-refractivity contribution in [3.05, 3.63) is 0 Å². The van der Waals surface area contributed by atoms with E-state index in [0.29, 0.717) is 0 Å². The highest BCUT2D eigenvalue weighted by Gasteiger charge is 2.16. The van der Waals surface area contributed by atoms with Crippen molar-refractivity contribution in [1.82, 2.24) is 10.6 Å². The van der Waals surface area contributed by atoms with Crippen LogP contribution in [0.3, 0.4) is 0 Å². The first kappa shape index (κ1) is 11.8. The molecule has 0 aromatic heterocycles. The van der Waals surface area contributed by atoms with Gasteiger partial charge in [0.25, 0.3) is 0 Å². The average molecular weight is 214 g/mol. The van der Waals surface area contributed by atoms with Crippen LogP contribution in [0.25, 0.3) is 0 Å². The van der Waals surface area contributed by atoms with Gasteiger partial charge in [-0.15, -0.1) is 0 Å². The van der Waals surface area contributed by atoms with Crippen LogP contribution in [0.5, 0.6) is 0 Å². The second-order valence-corrected chi connectivity index (χ2v) is 3.88. The topological polar surface area (TPSA) is 78.4 Å². The van der Waals surface area contributed by atoms with Crippen LogP contribution in [0.1, 0.15) is 38.5 Å². The molecule has 1 aliphatic heterocycles. The van der Waals surface area contributed by atoms with Crippen LogP contribution < -0.4 is 10.6 Å². The molecule has 15 heavy (non-hydrogen) atoms. The van der Waals surface area contributed by atoms with Crippen LogP contribution in [0.15, 0.2) is 0 Å². The fourth-order valence-corrected chi connectivity index (χ4v) is 1.73. The van der Waals surface area contributed by atoms with Gasteiger partial charge < -0.3 is 15.7 Å². The van der Waals surface area contributed by atoms with Crippen molar-refractivity contribution in [3.8, 4) is 0 Å². The molecule has 0 bridgehead atoms. The van der Waals surface area contributed by atoms with Crippen LogP contribution in [0.4, 0.5) is 4.79 Å². The lowest BCUT2D eigenvalue weighted by molar-refractivity contribution is -0.137. The minimum atomic E-state index is -0.731. The summed E-state index contributed by atoms with van der Waals surface area (Å²) in [6.45, 7) is 0.742. The van der Waals surface area contributed by atoms with Gasteiger partial charge in [-0.1, -0.05) is 12.8 Å². The molecule has 1 heterocycles. The van der Waals surface area contributed by atoms with Gasteiger partial charge in [0.2, 0.25) is 0 Å². The molecule has 0 spiro atoms. The minimum absolute atomic E-state index is 0.0863. The van der Waals surface area contributed by atoms with Crippen LogP contribution in [-0.4, -0.2) is 29.7 Å². The number of nitrogens with one attached hydrogen (secondary N) is 2. The van der Waals surface area contributed by atoms with E-state index in [1.165, 1.54) is 0 Å². The van der Waals surface area contributed by atoms with Crippen molar-refractivity contribution in [2.75, 3.05) is 6.54 Å². The largest absolute Gasteiger partial charge is 0.481 e. The highest BCUT2D eigenvalue weighted by molar-refractivity contribution is 5.74. The second-order valence-electron chi connectivity index (χ2n) is 3.88. The van der Waals surface area contributed by atoms with E-state index in [2.05, 4.69) is 10.6 Å². The number of rotatable bonds is 6. The third kappa shape index (κ3) is 5.24. The lowest BCUT2D eigenvalue weighted by Gasteiger charge is -2.24. The fourth-order valence-electron chi connectivity index (χ4n) is 1.73. The number of carboxylic acid groups (broad SMARTS) is 1. The molecule has 0 aromatic rings. The highest BCUT2D eigenvalue weighted by Crippen LogP contribution is 2.09. The molecule has 3 N–H and O–H groups in total. The Morgan fingerprint density at radius 1 is 1.40 bits per heavy atom. The Hall–Kier alpha value is -1.26. The highest BCUT2D eigenvalue weighted by atomic mass is 16.4. The van der Waals surface area contributed by atoms with Gasteiger partial charge in [-0.3, -0.25) is 4.79 Å². The average Bonchev–Trinajstić information content (AvgIpc) is 2.17. The molecule has 2 amide bonds. The third-order valence-corrected chi connectivity index (χ3v) is 2.56. The zero-order chi connectivity index (χ0) is 11.1. The standard InChI is InChI=1S/C10H18N2O3/c13-9(14)5-3-1-2-4-8-6-7-11-10(15)12-8/h8H,1-7H2,(H,13,14)(H2,11,12,15)/t8-/m0/s1. The maximum atomic E-state index is 11.0. The zero-order valence-corrected chi connectivity index (χ0v) is 8.79. The number of carboxylic acids is 1. The number of unbranched alkanes of at least 4 members (excludes halogenated alkanes) is 2. The summed E-state index contributed by atoms with van der Waals surface area (Å²) in [5, 5.41) is 14.0. The molecule has 1 fully saturated rings. The molecule has 1 aliphatic rings. The maximum absolute atomic E-state index is 11.0. The number of carbonyl (C=O) groups excluding carboxylic acids is 1. The summed E-state index contributed by atoms with van der Waals surface area (Å²) in [5.41, 5.74) is 0. The van der Waals surface area contributed by atoms with Gasteiger partial charge in [-0.05, 0) is 19.3 Å². The number of hydrogen-bond acceptors (Lipinski definition) is 2. The van der Waals surface area contributed by atoms with Crippen LogP contribution in [-0.2, 0) is 4.79 Å². The quantitative estimate of drug-likeness (QED) is 0.579. The predicted molar refractivity (Wildman–Crippen MR) is 55.7 cm³/mol. The molecule has 0 unspecified atom stereocenters. The van der Waals surface area contributed by atoms with E-state index in [4.69, 9.17) is 5.11 Å². The summed E-state index contributed by atoms with van der Waals surface area (Å²) < 4.78 is 0. The van der Waals surface area contributed by atoms with E-state index in [1.807, 2.05) is 0 Å². The lowest BCUT2D eigenvalue weighted by atomic mass is 10.0. The smallest absolute Gasteiger partial charge is 0.315 e. The fraction of sp³-hybridized carbons (Fsp3) is 0.800. The normalized spacial score (nSPS) is 20.5. The minimum Gasteiger partial charge on any atom is -0.481 e. The summed E-state index contributed by atoms with van der Waals surface area (Å²) in [6.07, 6.45) is 4.80. The SMILES string of the molecule is O=C(O)CCCCC[C@H]1CCNC(=O)N1. The first-order chi connectivity index (χ1) is 7.18. The molecule has 86 valence electrons. The number of urea groups is 1. The molecule has 0 aliphatic carbocycles. The molecule has 1 rings (SSSR count). The van der Waals surface area contributed by atoms with Gasteiger partial charge in [0.1, 0.15) is 0 Å². The van der Waals surface area contributed by atoms with E-state index in [9.17, 15) is 9.59 Å². The van der Waals surface area contributed by atoms with Crippen LogP contribution in [0.2, 0.25) is 0 Å². The third-order valence-electron chi connectivity index (χ3n) is 2.56. The monoisotopic (exact) mass is 214 g/mol. The van der Waals surface area contributed by atoms with Crippen molar-refractivity contribution in [2.24, 2.45) is 0 Å². The molecule has 0 saturated carbocycles. The van der Waals surface area contributed by atoms with E-state index < -0.39 is 5.97 Å². The molecule has 5 heteroatoms. The number of aliphatic carboxylic acids is 1. The molecule has 1 saturated heterocycles. The van der Waals surface area contributed by atoms with Gasteiger partial charge in [-0.25, -0.2) is 4.79 Å². The van der Waals surface area contributed by atoms with Crippen molar-refractivity contribution >= 4 is 12.0 Å². The van der Waals surface area contributed by atoms with Crippen LogP contribution in [0, 0.1) is 0 Å². The van der Waals surface area contributed by atoms with Gasteiger partial charge in [0.05, 0.1) is 0 Å². The number of amides is 2. The molecular weight excluding hydrogens is 196 g/mol. The maximum Gasteiger partial charge on any atom is 0.315 e. The van der Waals surface area contributed by atoms with E-state index in [1.54, 1.807) is 0 Å². The summed E-state index contributed by atoms with van der Waals surface area (Å²) in [4.78, 5) is 21.2. The Morgan fingerprint density at radius 3 is 2.87 bits per heavy atom. The van der Waals surface area contributed by atoms with E-state index >= 15 is 0 Å². The van der Waals surface area contributed by atoms with Crippen molar-refractivity contribution in [3.63, 3.8) is 0 Å². The van der Waals surface area contributed by atoms with Gasteiger partial charge in [0, 0.05) is 19.0 Å². The van der Waals surface area contributed by atoms with E-state index in [0.717, 1.165) is 38.6 Å². The molecular formula is C10H18N2O3. The Bertz CT molecular complexity index is 231. The predicted octanol–water partition coefficient (Wildman–Crippen LogP) is 1.09. The van der Waals surface area contributed by atoms with Gasteiger partial charge in [0.15, 0.2) is 0 Å². The Morgan fingerprint density at radius 2 is 2.20 bits per heavy atom. The summed E-state index contributed by atoms with van der Waals surface area (Å²) >= 11 is 0. The van der Waals surface area contributed by atoms with Gasteiger partial charge in [-0.2, -0.15) is 0 Å². The first-order valence-electron chi connectivity index (χ1n) is 5.44. The number of carbonyl (C=O) groups is 2. The van der Waals surface area contributed by atoms with Crippen molar-refractivity contribution < 1.29 is 14.7 Å². The molecule has 0 aromatic carbocycles. The first-order valence-corrected chi connectivity index (χ1v) is 5.44. The molecule has 1 atom stereocenters. The molecule has 0 radical (unpaired) electrons. The molecule has 5 nitrogen and oxygen atoms in total. The summed E-state index contributed by atoms with van der Waals surface area (Å²) in [5.74, 6) is -0.731. The number of hydrogen-bond donors (Lipinski definition) is 3. The van der Waals surface area contributed by atoms with Crippen molar-refractivity contribution in [2.45, 2.75) is 44.6 Å². The van der Waals surface area contributed by atoms with E-state index in [-0.39, 0.29) is 18.5 Å². The second kappa shape index (κ2) is 6.27. The summed E-state index contributed by atoms with van der Waals surface area (Å²) in [6, 6.07) is 0.181. The summed E-state index contributed by atoms with van der Waals surface area (Å²) in [7, 11) is 0. The Kier molecular flexibility index (Phi) is 4.93. The van der Waals surface area contributed by atoms with Crippen LogP contribution >= 0.6 is 0 Å². The zero-order valence-electron chi connectivity index (χ0n) is 8.79. The Balaban J connectivity index is 1.99.